The highest BCUT2D eigenvalue weighted by atomic mass is 16.5. The van der Waals surface area contributed by atoms with Crippen molar-refractivity contribution in [2.45, 2.75) is 19.8 Å². The molecule has 1 atom stereocenters. The first kappa shape index (κ1) is 8.11. The lowest BCUT2D eigenvalue weighted by Crippen LogP contribution is -2.06. The lowest BCUT2D eigenvalue weighted by Gasteiger charge is -1.98. The number of aliphatic carboxylic acids is 1. The van der Waals surface area contributed by atoms with Crippen LogP contribution in [0, 0.1) is 5.92 Å². The molecule has 3 heteroatoms. The number of carboxylic acids is 1. The summed E-state index contributed by atoms with van der Waals surface area (Å²) < 4.78 is 5.21. The summed E-state index contributed by atoms with van der Waals surface area (Å²) in [5, 5.41) is 8.46. The molecular weight excluding hydrogens is 144 g/mol. The number of hydrogen-bond donors (Lipinski definition) is 1. The molecule has 1 unspecified atom stereocenters. The molecular formula is C8H12O3. The van der Waals surface area contributed by atoms with E-state index < -0.39 is 5.97 Å². The second-order valence-corrected chi connectivity index (χ2v) is 2.73. The molecule has 1 aliphatic heterocycles. The third kappa shape index (κ3) is 2.26. The zero-order chi connectivity index (χ0) is 8.27. The molecule has 1 heterocycles. The maximum Gasteiger partial charge on any atom is 0.303 e. The molecule has 0 aromatic carbocycles. The summed E-state index contributed by atoms with van der Waals surface area (Å²) in [6, 6.07) is 0. The van der Waals surface area contributed by atoms with Crippen LogP contribution in [-0.4, -0.2) is 17.7 Å². The minimum atomic E-state index is -0.740. The van der Waals surface area contributed by atoms with Crippen molar-refractivity contribution in [2.75, 3.05) is 6.61 Å². The van der Waals surface area contributed by atoms with Gasteiger partial charge in [0.05, 0.1) is 18.8 Å². The first-order valence-corrected chi connectivity index (χ1v) is 3.72. The van der Waals surface area contributed by atoms with Crippen LogP contribution in [0.1, 0.15) is 19.8 Å². The van der Waals surface area contributed by atoms with E-state index in [1.165, 1.54) is 0 Å². The fourth-order valence-corrected chi connectivity index (χ4v) is 1.21. The molecule has 0 aliphatic carbocycles. The summed E-state index contributed by atoms with van der Waals surface area (Å²) in [4.78, 5) is 10.3. The van der Waals surface area contributed by atoms with Crippen molar-refractivity contribution >= 4 is 5.97 Å². The molecule has 3 nitrogen and oxygen atoms in total. The Morgan fingerprint density at radius 1 is 1.91 bits per heavy atom. The molecule has 0 bridgehead atoms. The van der Waals surface area contributed by atoms with Crippen LogP contribution in [-0.2, 0) is 9.53 Å². The SMILES string of the molecule is CC=C1CC(CC(=O)O)CO1. The molecule has 0 amide bonds. The maximum absolute atomic E-state index is 10.3. The van der Waals surface area contributed by atoms with Crippen LogP contribution in [0.3, 0.4) is 0 Å². The van der Waals surface area contributed by atoms with E-state index >= 15 is 0 Å². The van der Waals surface area contributed by atoms with E-state index in [1.807, 2.05) is 13.0 Å². The van der Waals surface area contributed by atoms with Crippen LogP contribution in [0.4, 0.5) is 0 Å². The lowest BCUT2D eigenvalue weighted by molar-refractivity contribution is -0.138. The summed E-state index contributed by atoms with van der Waals surface area (Å²) in [6.07, 6.45) is 2.89. The predicted octanol–water partition coefficient (Wildman–Crippen LogP) is 1.40. The van der Waals surface area contributed by atoms with Gasteiger partial charge in [-0.3, -0.25) is 4.79 Å². The molecule has 0 radical (unpaired) electrons. The van der Waals surface area contributed by atoms with Gasteiger partial charge in [-0.05, 0) is 13.0 Å². The summed E-state index contributed by atoms with van der Waals surface area (Å²) in [6.45, 7) is 2.46. The fourth-order valence-electron chi connectivity index (χ4n) is 1.21. The molecule has 11 heavy (non-hydrogen) atoms. The van der Waals surface area contributed by atoms with Gasteiger partial charge in [0.2, 0.25) is 0 Å². The van der Waals surface area contributed by atoms with Crippen molar-refractivity contribution in [1.82, 2.24) is 0 Å². The molecule has 0 aromatic heterocycles. The van der Waals surface area contributed by atoms with E-state index in [0.29, 0.717) is 6.61 Å². The number of carboxylic acid groups (broad SMARTS) is 1. The normalized spacial score (nSPS) is 27.0. The quantitative estimate of drug-likeness (QED) is 0.657. The van der Waals surface area contributed by atoms with Gasteiger partial charge in [-0.15, -0.1) is 0 Å². The summed E-state index contributed by atoms with van der Waals surface area (Å²) in [7, 11) is 0. The Morgan fingerprint density at radius 3 is 3.09 bits per heavy atom. The number of allylic oxidation sites excluding steroid dienone is 2. The molecule has 0 spiro atoms. The Labute approximate surface area is 65.7 Å². The molecule has 1 fully saturated rings. The molecule has 62 valence electrons. The smallest absolute Gasteiger partial charge is 0.303 e. The van der Waals surface area contributed by atoms with E-state index in [4.69, 9.17) is 9.84 Å². The number of ether oxygens (including phenoxy) is 1. The summed E-state index contributed by atoms with van der Waals surface area (Å²) in [5.41, 5.74) is 0. The lowest BCUT2D eigenvalue weighted by atomic mass is 10.0. The average Bonchev–Trinajstić information content (AvgIpc) is 2.34. The predicted molar refractivity (Wildman–Crippen MR) is 40.1 cm³/mol. The minimum Gasteiger partial charge on any atom is -0.498 e. The van der Waals surface area contributed by atoms with E-state index in [1.54, 1.807) is 0 Å². The van der Waals surface area contributed by atoms with Gasteiger partial charge in [0.25, 0.3) is 0 Å². The van der Waals surface area contributed by atoms with Crippen LogP contribution in [0.5, 0.6) is 0 Å². The Kier molecular flexibility index (Phi) is 2.52. The van der Waals surface area contributed by atoms with Gasteiger partial charge in [0.1, 0.15) is 0 Å². The van der Waals surface area contributed by atoms with Gasteiger partial charge < -0.3 is 9.84 Å². The van der Waals surface area contributed by atoms with Gasteiger partial charge in [-0.1, -0.05) is 0 Å². The van der Waals surface area contributed by atoms with Gasteiger partial charge in [0.15, 0.2) is 0 Å². The van der Waals surface area contributed by atoms with Gasteiger partial charge in [0, 0.05) is 12.3 Å². The number of hydrogen-bond acceptors (Lipinski definition) is 2. The molecule has 1 rings (SSSR count). The largest absolute Gasteiger partial charge is 0.498 e. The fraction of sp³-hybridized carbons (Fsp3) is 0.625. The Hall–Kier alpha value is -0.990. The molecule has 1 N–H and O–H groups in total. The maximum atomic E-state index is 10.3. The second kappa shape index (κ2) is 3.42. The second-order valence-electron chi connectivity index (χ2n) is 2.73. The summed E-state index contributed by atoms with van der Waals surface area (Å²) in [5.74, 6) is 0.367. The van der Waals surface area contributed by atoms with Crippen LogP contribution >= 0.6 is 0 Å². The van der Waals surface area contributed by atoms with Gasteiger partial charge in [-0.2, -0.15) is 0 Å². The van der Waals surface area contributed by atoms with Crippen molar-refractivity contribution in [3.8, 4) is 0 Å². The molecule has 0 aromatic rings. The Bertz CT molecular complexity index is 184. The van der Waals surface area contributed by atoms with E-state index in [2.05, 4.69) is 0 Å². The summed E-state index contributed by atoms with van der Waals surface area (Å²) >= 11 is 0. The van der Waals surface area contributed by atoms with Crippen LogP contribution in [0.2, 0.25) is 0 Å². The number of rotatable bonds is 2. The third-order valence-electron chi connectivity index (χ3n) is 1.78. The van der Waals surface area contributed by atoms with Crippen molar-refractivity contribution in [3.05, 3.63) is 11.8 Å². The van der Waals surface area contributed by atoms with Gasteiger partial charge in [-0.25, -0.2) is 0 Å². The highest BCUT2D eigenvalue weighted by Gasteiger charge is 2.22. The Morgan fingerprint density at radius 2 is 2.64 bits per heavy atom. The van der Waals surface area contributed by atoms with Crippen molar-refractivity contribution in [3.63, 3.8) is 0 Å². The third-order valence-corrected chi connectivity index (χ3v) is 1.78. The highest BCUT2D eigenvalue weighted by molar-refractivity contribution is 5.67. The molecule has 0 saturated carbocycles. The number of carbonyl (C=O) groups is 1. The van der Waals surface area contributed by atoms with Crippen LogP contribution in [0.15, 0.2) is 11.8 Å². The van der Waals surface area contributed by atoms with Gasteiger partial charge >= 0.3 is 5.97 Å². The first-order valence-electron chi connectivity index (χ1n) is 3.72. The van der Waals surface area contributed by atoms with E-state index in [9.17, 15) is 4.79 Å². The standard InChI is InChI=1S/C8H12O3/c1-2-7-3-6(5-11-7)4-8(9)10/h2,6H,3-5H2,1H3,(H,9,10). The minimum absolute atomic E-state index is 0.179. The Balaban J connectivity index is 2.36. The monoisotopic (exact) mass is 156 g/mol. The van der Waals surface area contributed by atoms with E-state index in [0.717, 1.165) is 12.2 Å². The molecule has 1 saturated heterocycles. The van der Waals surface area contributed by atoms with Crippen molar-refractivity contribution in [1.29, 1.82) is 0 Å². The van der Waals surface area contributed by atoms with Crippen LogP contribution in [0.25, 0.3) is 0 Å². The molecule has 1 aliphatic rings. The topological polar surface area (TPSA) is 46.5 Å². The average molecular weight is 156 g/mol. The van der Waals surface area contributed by atoms with Crippen molar-refractivity contribution in [2.24, 2.45) is 5.92 Å². The van der Waals surface area contributed by atoms with Crippen molar-refractivity contribution < 1.29 is 14.6 Å². The zero-order valence-electron chi connectivity index (χ0n) is 6.54. The van der Waals surface area contributed by atoms with Crippen LogP contribution < -0.4 is 0 Å². The zero-order valence-corrected chi connectivity index (χ0v) is 6.54. The highest BCUT2D eigenvalue weighted by Crippen LogP contribution is 2.24. The first-order chi connectivity index (χ1) is 5.22. The van der Waals surface area contributed by atoms with E-state index in [-0.39, 0.29) is 12.3 Å².